The highest BCUT2D eigenvalue weighted by Gasteiger charge is 2.27. The maximum Gasteiger partial charge on any atom is 0.248 e. The number of nitrogens with zero attached hydrogens (tertiary/aromatic N) is 3. The van der Waals surface area contributed by atoms with Crippen LogP contribution in [-0.4, -0.2) is 39.2 Å². The molecule has 1 aliphatic heterocycles. The topological polar surface area (TPSA) is 111 Å². The standard InChI is InChI=1S/C23H25N5O4/c1-3-5-15(2)31-17-11-8-16(9-12-17)10-13-21(29)24-18-6-4-7-19-22(18)32-20(14-30-19)23-25-27-28-26-23/h4,6-13,15,20H,3,5,14H2,1-2H3,(H,24,29)(H,25,26,27,28). The minimum absolute atomic E-state index is 0.176. The second kappa shape index (κ2) is 9.95. The summed E-state index contributed by atoms with van der Waals surface area (Å²) in [5.74, 6) is 1.96. The number of rotatable bonds is 8. The lowest BCUT2D eigenvalue weighted by molar-refractivity contribution is -0.111. The molecule has 32 heavy (non-hydrogen) atoms. The minimum atomic E-state index is -0.494. The van der Waals surface area contributed by atoms with E-state index in [9.17, 15) is 4.79 Å². The number of aromatic amines is 1. The zero-order valence-corrected chi connectivity index (χ0v) is 17.9. The van der Waals surface area contributed by atoms with Crippen molar-refractivity contribution >= 4 is 17.7 Å². The highest BCUT2D eigenvalue weighted by molar-refractivity contribution is 6.03. The predicted molar refractivity (Wildman–Crippen MR) is 119 cm³/mol. The Balaban J connectivity index is 1.39. The van der Waals surface area contributed by atoms with Gasteiger partial charge in [0.25, 0.3) is 0 Å². The molecule has 9 heteroatoms. The largest absolute Gasteiger partial charge is 0.491 e. The third-order valence-electron chi connectivity index (χ3n) is 4.89. The molecule has 2 atom stereocenters. The number of aromatic nitrogens is 4. The van der Waals surface area contributed by atoms with Gasteiger partial charge in [0, 0.05) is 6.08 Å². The number of anilines is 1. The van der Waals surface area contributed by atoms with Gasteiger partial charge in [-0.05, 0) is 59.7 Å². The van der Waals surface area contributed by atoms with E-state index in [2.05, 4.69) is 39.8 Å². The molecule has 4 rings (SSSR count). The Hall–Kier alpha value is -3.88. The Kier molecular flexibility index (Phi) is 6.64. The van der Waals surface area contributed by atoms with Gasteiger partial charge in [-0.3, -0.25) is 4.79 Å². The molecule has 2 N–H and O–H groups in total. The molecule has 0 saturated heterocycles. The molecule has 2 heterocycles. The van der Waals surface area contributed by atoms with Crippen LogP contribution in [0, 0.1) is 0 Å². The van der Waals surface area contributed by atoms with E-state index in [0.717, 1.165) is 24.2 Å². The van der Waals surface area contributed by atoms with E-state index in [1.165, 1.54) is 6.08 Å². The van der Waals surface area contributed by atoms with Crippen molar-refractivity contribution in [2.45, 2.75) is 38.9 Å². The van der Waals surface area contributed by atoms with Gasteiger partial charge in [-0.15, -0.1) is 5.10 Å². The molecule has 0 aliphatic carbocycles. The molecule has 1 aliphatic rings. The van der Waals surface area contributed by atoms with Crippen molar-refractivity contribution in [2.75, 3.05) is 11.9 Å². The minimum Gasteiger partial charge on any atom is -0.491 e. The first-order chi connectivity index (χ1) is 15.6. The van der Waals surface area contributed by atoms with E-state index < -0.39 is 6.10 Å². The summed E-state index contributed by atoms with van der Waals surface area (Å²) in [6, 6.07) is 12.9. The Bertz CT molecular complexity index is 1070. The summed E-state index contributed by atoms with van der Waals surface area (Å²) in [5, 5.41) is 16.5. The Morgan fingerprint density at radius 3 is 2.91 bits per heavy atom. The molecule has 2 aromatic carbocycles. The van der Waals surface area contributed by atoms with Gasteiger partial charge >= 0.3 is 0 Å². The number of benzene rings is 2. The maximum atomic E-state index is 12.5. The fourth-order valence-corrected chi connectivity index (χ4v) is 3.33. The number of tetrazole rings is 1. The smallest absolute Gasteiger partial charge is 0.248 e. The maximum absolute atomic E-state index is 12.5. The van der Waals surface area contributed by atoms with Crippen molar-refractivity contribution in [3.05, 3.63) is 59.9 Å². The third kappa shape index (κ3) is 5.23. The lowest BCUT2D eigenvalue weighted by Gasteiger charge is -2.26. The first kappa shape index (κ1) is 21.4. The molecular weight excluding hydrogens is 410 g/mol. The number of para-hydroxylation sites is 1. The van der Waals surface area contributed by atoms with Gasteiger partial charge in [0.2, 0.25) is 5.91 Å². The zero-order chi connectivity index (χ0) is 22.3. The molecule has 0 spiro atoms. The molecule has 2 unspecified atom stereocenters. The fraction of sp³-hybridized carbons (Fsp3) is 0.304. The van der Waals surface area contributed by atoms with Crippen LogP contribution in [0.4, 0.5) is 5.69 Å². The quantitative estimate of drug-likeness (QED) is 0.516. The summed E-state index contributed by atoms with van der Waals surface area (Å²) < 4.78 is 17.6. The third-order valence-corrected chi connectivity index (χ3v) is 4.89. The molecule has 0 bridgehead atoms. The number of ether oxygens (including phenoxy) is 3. The number of nitrogens with one attached hydrogen (secondary N) is 2. The zero-order valence-electron chi connectivity index (χ0n) is 17.9. The van der Waals surface area contributed by atoms with Gasteiger partial charge in [-0.1, -0.05) is 31.5 Å². The molecular formula is C23H25N5O4. The van der Waals surface area contributed by atoms with Crippen molar-refractivity contribution in [3.8, 4) is 17.2 Å². The fourth-order valence-electron chi connectivity index (χ4n) is 3.33. The number of fused-ring (bicyclic) bond motifs is 1. The lowest BCUT2D eigenvalue weighted by atomic mass is 10.2. The van der Waals surface area contributed by atoms with Crippen LogP contribution in [0.5, 0.6) is 17.2 Å². The van der Waals surface area contributed by atoms with Gasteiger partial charge in [0.1, 0.15) is 12.4 Å². The van der Waals surface area contributed by atoms with E-state index in [4.69, 9.17) is 14.2 Å². The van der Waals surface area contributed by atoms with Crippen LogP contribution in [0.3, 0.4) is 0 Å². The number of carbonyl (C=O) groups is 1. The summed E-state index contributed by atoms with van der Waals surface area (Å²) >= 11 is 0. The van der Waals surface area contributed by atoms with Crippen LogP contribution in [0.1, 0.15) is 44.2 Å². The Morgan fingerprint density at radius 1 is 1.31 bits per heavy atom. The second-order valence-corrected chi connectivity index (χ2v) is 7.45. The van der Waals surface area contributed by atoms with Gasteiger partial charge < -0.3 is 19.5 Å². The average molecular weight is 435 g/mol. The van der Waals surface area contributed by atoms with Crippen molar-refractivity contribution in [3.63, 3.8) is 0 Å². The number of amides is 1. The van der Waals surface area contributed by atoms with Crippen LogP contribution >= 0.6 is 0 Å². The first-order valence-electron chi connectivity index (χ1n) is 10.5. The summed E-state index contributed by atoms with van der Waals surface area (Å²) in [5.41, 5.74) is 1.39. The van der Waals surface area contributed by atoms with Gasteiger partial charge in [0.15, 0.2) is 23.4 Å². The number of hydrogen-bond donors (Lipinski definition) is 2. The summed E-state index contributed by atoms with van der Waals surface area (Å²) in [7, 11) is 0. The van der Waals surface area contributed by atoms with Crippen LogP contribution in [0.2, 0.25) is 0 Å². The predicted octanol–water partition coefficient (Wildman–Crippen LogP) is 3.93. The van der Waals surface area contributed by atoms with Gasteiger partial charge in [0.05, 0.1) is 11.8 Å². The average Bonchev–Trinajstić information content (AvgIpc) is 3.34. The highest BCUT2D eigenvalue weighted by atomic mass is 16.6. The molecule has 0 fully saturated rings. The van der Waals surface area contributed by atoms with E-state index in [1.807, 2.05) is 24.3 Å². The van der Waals surface area contributed by atoms with Crippen molar-refractivity contribution in [1.29, 1.82) is 0 Å². The molecule has 3 aromatic rings. The highest BCUT2D eigenvalue weighted by Crippen LogP contribution is 2.41. The number of hydrogen-bond acceptors (Lipinski definition) is 7. The van der Waals surface area contributed by atoms with Crippen molar-refractivity contribution in [2.24, 2.45) is 0 Å². The molecule has 166 valence electrons. The van der Waals surface area contributed by atoms with Gasteiger partial charge in [-0.25, -0.2) is 5.10 Å². The molecule has 0 radical (unpaired) electrons. The Morgan fingerprint density at radius 2 is 2.16 bits per heavy atom. The van der Waals surface area contributed by atoms with Crippen molar-refractivity contribution < 1.29 is 19.0 Å². The van der Waals surface area contributed by atoms with Crippen LogP contribution in [-0.2, 0) is 4.79 Å². The second-order valence-electron chi connectivity index (χ2n) is 7.45. The van der Waals surface area contributed by atoms with Crippen LogP contribution < -0.4 is 19.5 Å². The SMILES string of the molecule is CCCC(C)Oc1ccc(C=CC(=O)Nc2cccc3c2OC(c2nnn[nH]2)CO3)cc1. The molecule has 0 saturated carbocycles. The van der Waals surface area contributed by atoms with E-state index in [-0.39, 0.29) is 18.6 Å². The summed E-state index contributed by atoms with van der Waals surface area (Å²) in [6.45, 7) is 4.46. The first-order valence-corrected chi connectivity index (χ1v) is 10.5. The van der Waals surface area contributed by atoms with E-state index in [1.54, 1.807) is 24.3 Å². The summed E-state index contributed by atoms with van der Waals surface area (Å²) in [6.07, 6.45) is 4.98. The van der Waals surface area contributed by atoms with Crippen LogP contribution in [0.15, 0.2) is 48.5 Å². The molecule has 1 amide bonds. The number of H-pyrrole nitrogens is 1. The van der Waals surface area contributed by atoms with E-state index in [0.29, 0.717) is 23.0 Å². The lowest BCUT2D eigenvalue weighted by Crippen LogP contribution is -2.24. The van der Waals surface area contributed by atoms with Gasteiger partial charge in [-0.2, -0.15) is 0 Å². The van der Waals surface area contributed by atoms with E-state index >= 15 is 0 Å². The van der Waals surface area contributed by atoms with Crippen LogP contribution in [0.25, 0.3) is 6.08 Å². The molecule has 9 nitrogen and oxygen atoms in total. The summed E-state index contributed by atoms with van der Waals surface area (Å²) in [4.78, 5) is 12.5. The normalized spacial score (nSPS) is 16.0. The Labute approximate surface area is 185 Å². The molecule has 1 aromatic heterocycles. The monoisotopic (exact) mass is 435 g/mol. The number of carbonyl (C=O) groups excluding carboxylic acids is 1. The van der Waals surface area contributed by atoms with Crippen molar-refractivity contribution in [1.82, 2.24) is 20.6 Å².